The van der Waals surface area contributed by atoms with Crippen LogP contribution in [0.15, 0.2) is 83.8 Å². The number of amides is 2. The van der Waals surface area contributed by atoms with Crippen LogP contribution in [0.4, 0.5) is 5.69 Å². The Morgan fingerprint density at radius 3 is 2.17 bits per heavy atom. The van der Waals surface area contributed by atoms with Gasteiger partial charge in [0.05, 0.1) is 17.7 Å². The number of sulfonamides is 1. The van der Waals surface area contributed by atoms with Gasteiger partial charge in [-0.05, 0) is 76.1 Å². The van der Waals surface area contributed by atoms with Gasteiger partial charge >= 0.3 is 0 Å². The third-order valence-corrected chi connectivity index (χ3v) is 8.09. The van der Waals surface area contributed by atoms with E-state index >= 15 is 0 Å². The Hall–Kier alpha value is -3.85. The smallest absolute Gasteiger partial charge is 0.264 e. The highest BCUT2D eigenvalue weighted by atomic mass is 32.2. The number of ether oxygens (including phenoxy) is 1. The van der Waals surface area contributed by atoms with Gasteiger partial charge in [-0.3, -0.25) is 13.9 Å². The maximum Gasteiger partial charge on any atom is 0.264 e. The van der Waals surface area contributed by atoms with Gasteiger partial charge in [-0.2, -0.15) is 0 Å². The number of para-hydroxylation sites is 1. The Balaban J connectivity index is 2.05. The van der Waals surface area contributed by atoms with Gasteiger partial charge in [0.25, 0.3) is 10.0 Å². The summed E-state index contributed by atoms with van der Waals surface area (Å²) in [6.45, 7) is 8.93. The van der Waals surface area contributed by atoms with Gasteiger partial charge in [-0.15, -0.1) is 0 Å². The zero-order valence-corrected chi connectivity index (χ0v) is 24.9. The molecule has 1 N–H and O–H groups in total. The van der Waals surface area contributed by atoms with Crippen molar-refractivity contribution in [3.63, 3.8) is 0 Å². The Morgan fingerprint density at radius 2 is 1.60 bits per heavy atom. The molecule has 0 spiro atoms. The van der Waals surface area contributed by atoms with Crippen molar-refractivity contribution < 1.29 is 22.7 Å². The van der Waals surface area contributed by atoms with E-state index in [1.807, 2.05) is 46.8 Å². The van der Waals surface area contributed by atoms with Crippen LogP contribution < -0.4 is 14.4 Å². The third-order valence-electron chi connectivity index (χ3n) is 6.30. The number of nitrogens with zero attached hydrogens (tertiary/aromatic N) is 2. The number of methoxy groups -OCH3 is 1. The summed E-state index contributed by atoms with van der Waals surface area (Å²) in [5, 5.41) is 2.97. The molecule has 0 aliphatic carbocycles. The van der Waals surface area contributed by atoms with Gasteiger partial charge in [-0.1, -0.05) is 55.0 Å². The Kier molecular flexibility index (Phi) is 9.98. The fraction of sp³-hybridized carbons (Fsp3) is 0.355. The largest absolute Gasteiger partial charge is 0.497 e. The summed E-state index contributed by atoms with van der Waals surface area (Å²) >= 11 is 0. The van der Waals surface area contributed by atoms with Crippen LogP contribution in [0.5, 0.6) is 5.75 Å². The first-order valence-electron chi connectivity index (χ1n) is 13.2. The van der Waals surface area contributed by atoms with Crippen LogP contribution in [0.1, 0.15) is 45.2 Å². The SMILES string of the molecule is CCC(C(=O)NC(C)(C)C)N(Cc1cccc(OC)c1)C(=O)CN(c1ccccc1)S(=O)(=O)c1ccc(C)cc1. The number of anilines is 1. The second-order valence-electron chi connectivity index (χ2n) is 10.7. The molecule has 0 saturated carbocycles. The fourth-order valence-electron chi connectivity index (χ4n) is 4.30. The van der Waals surface area contributed by atoms with E-state index in [-0.39, 0.29) is 17.3 Å². The second-order valence-corrected chi connectivity index (χ2v) is 12.6. The fourth-order valence-corrected chi connectivity index (χ4v) is 5.71. The van der Waals surface area contributed by atoms with E-state index in [9.17, 15) is 18.0 Å². The molecule has 0 aliphatic rings. The summed E-state index contributed by atoms with van der Waals surface area (Å²) in [6, 6.07) is 21.4. The van der Waals surface area contributed by atoms with E-state index in [0.717, 1.165) is 15.4 Å². The Morgan fingerprint density at radius 1 is 0.950 bits per heavy atom. The summed E-state index contributed by atoms with van der Waals surface area (Å²) in [4.78, 5) is 29.0. The molecule has 0 fully saturated rings. The van der Waals surface area contributed by atoms with Crippen LogP contribution >= 0.6 is 0 Å². The van der Waals surface area contributed by atoms with Crippen molar-refractivity contribution in [1.29, 1.82) is 0 Å². The van der Waals surface area contributed by atoms with Crippen LogP contribution in [0.25, 0.3) is 0 Å². The molecule has 1 atom stereocenters. The molecule has 2 amide bonds. The zero-order valence-electron chi connectivity index (χ0n) is 24.0. The first-order chi connectivity index (χ1) is 18.9. The number of carbonyl (C=O) groups excluding carboxylic acids is 2. The highest BCUT2D eigenvalue weighted by molar-refractivity contribution is 7.92. The van der Waals surface area contributed by atoms with Gasteiger partial charge in [-0.25, -0.2) is 8.42 Å². The molecule has 214 valence electrons. The average molecular weight is 566 g/mol. The first kappa shape index (κ1) is 30.7. The molecular formula is C31H39N3O5S. The molecule has 0 radical (unpaired) electrons. The number of nitrogens with one attached hydrogen (secondary N) is 1. The molecule has 3 rings (SSSR count). The quantitative estimate of drug-likeness (QED) is 0.356. The molecule has 0 bridgehead atoms. The Bertz CT molecular complexity index is 1400. The second kappa shape index (κ2) is 13.0. The summed E-state index contributed by atoms with van der Waals surface area (Å²) < 4.78 is 34.2. The van der Waals surface area contributed by atoms with Gasteiger partial charge in [0.2, 0.25) is 11.8 Å². The van der Waals surface area contributed by atoms with Crippen molar-refractivity contribution >= 4 is 27.5 Å². The van der Waals surface area contributed by atoms with Crippen molar-refractivity contribution in [2.45, 2.75) is 64.1 Å². The molecule has 40 heavy (non-hydrogen) atoms. The molecule has 1 unspecified atom stereocenters. The van der Waals surface area contributed by atoms with E-state index in [0.29, 0.717) is 17.9 Å². The van der Waals surface area contributed by atoms with Crippen LogP contribution in [-0.4, -0.2) is 50.4 Å². The first-order valence-corrected chi connectivity index (χ1v) is 14.7. The molecule has 8 nitrogen and oxygen atoms in total. The van der Waals surface area contributed by atoms with E-state index in [1.165, 1.54) is 17.0 Å². The standard InChI is InChI=1S/C31H39N3O5S/c1-7-28(30(36)32-31(3,4)5)33(21-24-12-11-15-26(20-24)39-6)29(35)22-34(25-13-9-8-10-14-25)40(37,38)27-18-16-23(2)17-19-27/h8-20,28H,7,21-22H2,1-6H3,(H,32,36). The lowest BCUT2D eigenvalue weighted by atomic mass is 10.1. The van der Waals surface area contributed by atoms with Crippen LogP contribution in [0.3, 0.4) is 0 Å². The molecule has 0 heterocycles. The van der Waals surface area contributed by atoms with Crippen molar-refractivity contribution in [3.05, 3.63) is 90.0 Å². The number of carbonyl (C=O) groups is 2. The highest BCUT2D eigenvalue weighted by Gasteiger charge is 2.34. The predicted molar refractivity (Wildman–Crippen MR) is 158 cm³/mol. The van der Waals surface area contributed by atoms with Gasteiger partial charge in [0.15, 0.2) is 0 Å². The van der Waals surface area contributed by atoms with Crippen molar-refractivity contribution in [3.8, 4) is 5.75 Å². The number of aryl methyl sites for hydroxylation is 1. The number of rotatable bonds is 11. The minimum Gasteiger partial charge on any atom is -0.497 e. The molecular weight excluding hydrogens is 526 g/mol. The molecule has 0 aromatic heterocycles. The molecule has 0 saturated heterocycles. The topological polar surface area (TPSA) is 96.0 Å². The van der Waals surface area contributed by atoms with Crippen molar-refractivity contribution in [1.82, 2.24) is 10.2 Å². The summed E-state index contributed by atoms with van der Waals surface area (Å²) in [5.74, 6) is -0.192. The maximum absolute atomic E-state index is 14.1. The van der Waals surface area contributed by atoms with Crippen LogP contribution in [0, 0.1) is 6.92 Å². The lowest BCUT2D eigenvalue weighted by Gasteiger charge is -2.34. The van der Waals surface area contributed by atoms with E-state index in [4.69, 9.17) is 4.74 Å². The van der Waals surface area contributed by atoms with Gasteiger partial charge in [0.1, 0.15) is 18.3 Å². The minimum absolute atomic E-state index is 0.0756. The zero-order chi connectivity index (χ0) is 29.5. The Labute approximate surface area is 238 Å². The summed E-state index contributed by atoms with van der Waals surface area (Å²) in [5.41, 5.74) is 1.51. The predicted octanol–water partition coefficient (Wildman–Crippen LogP) is 4.92. The monoisotopic (exact) mass is 565 g/mol. The number of benzene rings is 3. The third kappa shape index (κ3) is 7.85. The van der Waals surface area contributed by atoms with E-state index in [1.54, 1.807) is 61.7 Å². The van der Waals surface area contributed by atoms with Gasteiger partial charge < -0.3 is 15.0 Å². The van der Waals surface area contributed by atoms with Crippen LogP contribution in [0.2, 0.25) is 0 Å². The summed E-state index contributed by atoms with van der Waals surface area (Å²) in [6.07, 6.45) is 0.341. The average Bonchev–Trinajstić information content (AvgIpc) is 2.91. The molecule has 0 aliphatic heterocycles. The lowest BCUT2D eigenvalue weighted by molar-refractivity contribution is -0.141. The molecule has 3 aromatic rings. The lowest BCUT2D eigenvalue weighted by Crippen LogP contribution is -2.55. The number of hydrogen-bond donors (Lipinski definition) is 1. The summed E-state index contributed by atoms with van der Waals surface area (Å²) in [7, 11) is -2.54. The normalized spacial score (nSPS) is 12.3. The highest BCUT2D eigenvalue weighted by Crippen LogP contribution is 2.25. The molecule has 9 heteroatoms. The van der Waals surface area contributed by atoms with Crippen molar-refractivity contribution in [2.75, 3.05) is 18.0 Å². The number of hydrogen-bond acceptors (Lipinski definition) is 5. The van der Waals surface area contributed by atoms with E-state index in [2.05, 4.69) is 5.32 Å². The van der Waals surface area contributed by atoms with E-state index < -0.39 is 34.1 Å². The van der Waals surface area contributed by atoms with Crippen molar-refractivity contribution in [2.24, 2.45) is 0 Å². The van der Waals surface area contributed by atoms with Crippen LogP contribution in [-0.2, 0) is 26.2 Å². The maximum atomic E-state index is 14.1. The molecule has 3 aromatic carbocycles. The van der Waals surface area contributed by atoms with Gasteiger partial charge in [0, 0.05) is 12.1 Å². The minimum atomic E-state index is -4.10.